The number of halogens is 4. The first-order chi connectivity index (χ1) is 13.6. The lowest BCUT2D eigenvalue weighted by molar-refractivity contribution is -0.138. The van der Waals surface area contributed by atoms with Gasteiger partial charge in [-0.1, -0.05) is 6.07 Å². The second-order valence-electron chi connectivity index (χ2n) is 7.51. The molecule has 1 saturated heterocycles. The molecule has 1 heterocycles. The van der Waals surface area contributed by atoms with Crippen LogP contribution in [0.15, 0.2) is 23.2 Å². The number of hydrogen-bond acceptors (Lipinski definition) is 3. The molecule has 1 aromatic rings. The van der Waals surface area contributed by atoms with Crippen LogP contribution in [0.5, 0.6) is 5.75 Å². The number of rotatable bonds is 6. The summed E-state index contributed by atoms with van der Waals surface area (Å²) < 4.78 is 46.0. The van der Waals surface area contributed by atoms with Gasteiger partial charge in [0.15, 0.2) is 5.96 Å². The van der Waals surface area contributed by atoms with Gasteiger partial charge < -0.3 is 20.7 Å². The highest BCUT2D eigenvalue weighted by atomic mass is 127. The van der Waals surface area contributed by atoms with E-state index in [2.05, 4.69) is 10.3 Å². The molecule has 0 spiro atoms. The Hall–Kier alpha value is -1.72. The van der Waals surface area contributed by atoms with Crippen LogP contribution < -0.4 is 15.8 Å². The van der Waals surface area contributed by atoms with E-state index in [1.54, 1.807) is 27.0 Å². The van der Waals surface area contributed by atoms with Crippen molar-refractivity contribution >= 4 is 35.8 Å². The fraction of sp³-hybridized carbons (Fsp3) is 0.600. The summed E-state index contributed by atoms with van der Waals surface area (Å²) in [6.07, 6.45) is -2.65. The van der Waals surface area contributed by atoms with Gasteiger partial charge in [0.25, 0.3) is 0 Å². The van der Waals surface area contributed by atoms with E-state index in [9.17, 15) is 18.0 Å². The zero-order valence-corrected chi connectivity index (χ0v) is 19.8. The number of nitrogens with zero attached hydrogens (tertiary/aromatic N) is 2. The number of carbonyl (C=O) groups excluding carboxylic acids is 1. The Labute approximate surface area is 192 Å². The van der Waals surface area contributed by atoms with Gasteiger partial charge in [0.1, 0.15) is 5.75 Å². The van der Waals surface area contributed by atoms with Crippen LogP contribution in [0.1, 0.15) is 44.2 Å². The predicted octanol–water partition coefficient (Wildman–Crippen LogP) is 3.77. The Morgan fingerprint density at radius 2 is 2.10 bits per heavy atom. The molecule has 170 valence electrons. The van der Waals surface area contributed by atoms with E-state index in [1.165, 1.54) is 6.07 Å². The summed E-state index contributed by atoms with van der Waals surface area (Å²) in [5.74, 6) is 0.469. The van der Waals surface area contributed by atoms with Gasteiger partial charge in [0, 0.05) is 33.1 Å². The molecule has 1 aliphatic heterocycles. The van der Waals surface area contributed by atoms with Gasteiger partial charge >= 0.3 is 6.18 Å². The number of nitrogens with two attached hydrogens (primary N) is 1. The first-order valence-electron chi connectivity index (χ1n) is 9.70. The highest BCUT2D eigenvalue weighted by Crippen LogP contribution is 2.34. The monoisotopic (exact) mass is 542 g/mol. The summed E-state index contributed by atoms with van der Waals surface area (Å²) in [6.45, 7) is 4.81. The Bertz CT molecular complexity index is 741. The largest absolute Gasteiger partial charge is 0.491 e. The SMILES string of the molecule is CN=C(NCc1ccc(OC(C)C)cc1C(F)(F)F)N1CCCC(CC(N)=O)C1.I. The second-order valence-corrected chi connectivity index (χ2v) is 7.51. The minimum absolute atomic E-state index is 0. The maximum absolute atomic E-state index is 13.5. The fourth-order valence-corrected chi connectivity index (χ4v) is 3.53. The van der Waals surface area contributed by atoms with Crippen molar-refractivity contribution in [3.05, 3.63) is 29.3 Å². The molecular weight excluding hydrogens is 512 g/mol. The van der Waals surface area contributed by atoms with Crippen LogP contribution in [0.2, 0.25) is 0 Å². The molecule has 3 N–H and O–H groups in total. The van der Waals surface area contributed by atoms with Crippen molar-refractivity contribution in [1.29, 1.82) is 0 Å². The van der Waals surface area contributed by atoms with Crippen LogP contribution in [0.4, 0.5) is 13.2 Å². The Morgan fingerprint density at radius 3 is 2.67 bits per heavy atom. The standard InChI is InChI=1S/C20H29F3N4O2.HI/c1-13(2)29-16-7-6-15(17(10-16)20(21,22)23)11-26-19(25-3)27-8-4-5-14(12-27)9-18(24)28;/h6-7,10,13-14H,4-5,8-9,11-12H2,1-3H3,(H2,24,28)(H,25,26);1H. The number of amides is 1. The van der Waals surface area contributed by atoms with Crippen molar-refractivity contribution in [3.63, 3.8) is 0 Å². The van der Waals surface area contributed by atoms with Crippen molar-refractivity contribution < 1.29 is 22.7 Å². The minimum Gasteiger partial charge on any atom is -0.491 e. The lowest BCUT2D eigenvalue weighted by Gasteiger charge is -2.34. The number of primary amides is 1. The third-order valence-corrected chi connectivity index (χ3v) is 4.72. The molecule has 0 radical (unpaired) electrons. The molecule has 10 heteroatoms. The van der Waals surface area contributed by atoms with Crippen molar-refractivity contribution in [3.8, 4) is 5.75 Å². The molecular formula is C20H30F3IN4O2. The van der Waals surface area contributed by atoms with Crippen molar-refractivity contribution in [1.82, 2.24) is 10.2 Å². The number of guanidine groups is 1. The van der Waals surface area contributed by atoms with Gasteiger partial charge in [-0.3, -0.25) is 9.79 Å². The van der Waals surface area contributed by atoms with Crippen LogP contribution in [0, 0.1) is 5.92 Å². The molecule has 6 nitrogen and oxygen atoms in total. The summed E-state index contributed by atoms with van der Waals surface area (Å²) in [5, 5.41) is 3.02. The number of aliphatic imine (C=N–C) groups is 1. The van der Waals surface area contributed by atoms with Crippen LogP contribution >= 0.6 is 24.0 Å². The van der Waals surface area contributed by atoms with Crippen molar-refractivity contribution in [2.45, 2.75) is 51.9 Å². The molecule has 1 fully saturated rings. The number of ether oxygens (including phenoxy) is 1. The number of piperidine rings is 1. The lowest BCUT2D eigenvalue weighted by Crippen LogP contribution is -2.47. The Kier molecular flexibility index (Phi) is 10.2. The van der Waals surface area contributed by atoms with Crippen LogP contribution in [-0.2, 0) is 17.5 Å². The number of nitrogens with one attached hydrogen (secondary N) is 1. The van der Waals surface area contributed by atoms with Gasteiger partial charge in [-0.25, -0.2) is 0 Å². The molecule has 0 aromatic heterocycles. The third-order valence-electron chi connectivity index (χ3n) is 4.72. The van der Waals surface area contributed by atoms with Gasteiger partial charge in [-0.05, 0) is 50.3 Å². The summed E-state index contributed by atoms with van der Waals surface area (Å²) in [4.78, 5) is 17.3. The summed E-state index contributed by atoms with van der Waals surface area (Å²) in [6, 6.07) is 4.00. The summed E-state index contributed by atoms with van der Waals surface area (Å²) >= 11 is 0. The average Bonchev–Trinajstić information content (AvgIpc) is 2.61. The van der Waals surface area contributed by atoms with E-state index in [0.29, 0.717) is 18.9 Å². The number of likely N-dealkylation sites (tertiary alicyclic amines) is 1. The van der Waals surface area contributed by atoms with Gasteiger partial charge in [-0.2, -0.15) is 13.2 Å². The Morgan fingerprint density at radius 1 is 1.40 bits per heavy atom. The van der Waals surface area contributed by atoms with Crippen LogP contribution in [0.3, 0.4) is 0 Å². The molecule has 1 aromatic carbocycles. The average molecular weight is 542 g/mol. The topological polar surface area (TPSA) is 80.0 Å². The van der Waals surface area contributed by atoms with Gasteiger partial charge in [0.2, 0.25) is 5.91 Å². The van der Waals surface area contributed by atoms with Crippen molar-refractivity contribution in [2.24, 2.45) is 16.6 Å². The van der Waals surface area contributed by atoms with Crippen molar-refractivity contribution in [2.75, 3.05) is 20.1 Å². The lowest BCUT2D eigenvalue weighted by atomic mass is 9.95. The number of hydrogen-bond donors (Lipinski definition) is 2. The molecule has 1 amide bonds. The van der Waals surface area contributed by atoms with E-state index in [1.807, 2.05) is 4.90 Å². The Balaban J connectivity index is 0.00000450. The highest BCUT2D eigenvalue weighted by Gasteiger charge is 2.34. The van der Waals surface area contributed by atoms with Gasteiger partial charge in [-0.15, -0.1) is 24.0 Å². The third kappa shape index (κ3) is 7.84. The van der Waals surface area contributed by atoms with E-state index in [0.717, 1.165) is 25.5 Å². The summed E-state index contributed by atoms with van der Waals surface area (Å²) in [5.41, 5.74) is 4.67. The molecule has 0 bridgehead atoms. The zero-order valence-electron chi connectivity index (χ0n) is 17.5. The molecule has 0 saturated carbocycles. The van der Waals surface area contributed by atoms with Crippen LogP contribution in [-0.4, -0.2) is 43.0 Å². The second kappa shape index (κ2) is 11.6. The molecule has 2 rings (SSSR count). The smallest absolute Gasteiger partial charge is 0.416 e. The predicted molar refractivity (Wildman–Crippen MR) is 121 cm³/mol. The van der Waals surface area contributed by atoms with E-state index in [4.69, 9.17) is 10.5 Å². The first-order valence-corrected chi connectivity index (χ1v) is 9.70. The summed E-state index contributed by atoms with van der Waals surface area (Å²) in [7, 11) is 1.59. The maximum Gasteiger partial charge on any atom is 0.416 e. The molecule has 1 aliphatic rings. The first kappa shape index (κ1) is 26.3. The normalized spacial score (nSPS) is 17.5. The fourth-order valence-electron chi connectivity index (χ4n) is 3.53. The zero-order chi connectivity index (χ0) is 21.6. The van der Waals surface area contributed by atoms with Gasteiger partial charge in [0.05, 0.1) is 11.7 Å². The van der Waals surface area contributed by atoms with E-state index in [-0.39, 0.29) is 59.8 Å². The molecule has 30 heavy (non-hydrogen) atoms. The van der Waals surface area contributed by atoms with E-state index >= 15 is 0 Å². The minimum atomic E-state index is -4.49. The molecule has 0 aliphatic carbocycles. The molecule has 1 atom stereocenters. The molecule has 1 unspecified atom stereocenters. The number of benzene rings is 1. The quantitative estimate of drug-likeness (QED) is 0.326. The van der Waals surface area contributed by atoms with E-state index < -0.39 is 11.7 Å². The van der Waals surface area contributed by atoms with Crippen LogP contribution in [0.25, 0.3) is 0 Å². The highest BCUT2D eigenvalue weighted by molar-refractivity contribution is 14.0. The maximum atomic E-state index is 13.5. The number of carbonyl (C=O) groups is 1. The number of alkyl halides is 3.